The molecule has 0 atom stereocenters. The first-order valence-electron chi connectivity index (χ1n) is 9.34. The second-order valence-corrected chi connectivity index (χ2v) is 7.10. The van der Waals surface area contributed by atoms with Crippen molar-refractivity contribution in [2.24, 2.45) is 0 Å². The van der Waals surface area contributed by atoms with Gasteiger partial charge in [-0.25, -0.2) is 9.97 Å². The van der Waals surface area contributed by atoms with Crippen LogP contribution in [0.1, 0.15) is 25.3 Å². The third kappa shape index (κ3) is 4.29. The van der Waals surface area contributed by atoms with Crippen molar-refractivity contribution in [3.8, 4) is 11.8 Å². The molecule has 148 valence electrons. The zero-order valence-corrected chi connectivity index (χ0v) is 16.8. The van der Waals surface area contributed by atoms with E-state index in [1.807, 2.05) is 14.0 Å². The van der Waals surface area contributed by atoms with Crippen LogP contribution >= 0.6 is 11.6 Å². The third-order valence-electron chi connectivity index (χ3n) is 4.89. The molecule has 1 aliphatic heterocycles. The minimum Gasteiger partial charge on any atom is -0.384 e. The van der Waals surface area contributed by atoms with Crippen molar-refractivity contribution < 1.29 is 9.90 Å². The molecule has 1 aromatic carbocycles. The molecule has 1 aliphatic rings. The highest BCUT2D eigenvalue weighted by molar-refractivity contribution is 6.32. The summed E-state index contributed by atoms with van der Waals surface area (Å²) < 4.78 is 0. The number of amides is 1. The Bertz CT molecular complexity index is 916. The summed E-state index contributed by atoms with van der Waals surface area (Å²) >= 11 is 6.30. The topological polar surface area (TPSA) is 81.6 Å². The highest BCUT2D eigenvalue weighted by Crippen LogP contribution is 2.30. The van der Waals surface area contributed by atoms with Crippen molar-refractivity contribution >= 4 is 40.7 Å². The number of anilines is 2. The number of carbonyl (C=O) groups excluding carboxylic acids is 1. The predicted octanol–water partition coefficient (Wildman–Crippen LogP) is 2.12. The average Bonchev–Trinajstić information content (AvgIpc) is 2.71. The summed E-state index contributed by atoms with van der Waals surface area (Å²) in [6, 6.07) is 3.81. The largest absolute Gasteiger partial charge is 0.384 e. The molecule has 2 aromatic rings. The van der Waals surface area contributed by atoms with Crippen LogP contribution in [-0.4, -0.2) is 65.7 Å². The normalized spacial score (nSPS) is 14.5. The van der Waals surface area contributed by atoms with E-state index in [1.54, 1.807) is 17.0 Å². The van der Waals surface area contributed by atoms with Gasteiger partial charge in [-0.1, -0.05) is 23.4 Å². The fourth-order valence-corrected chi connectivity index (χ4v) is 3.58. The molecular weight excluding hydrogens is 378 g/mol. The van der Waals surface area contributed by atoms with Crippen LogP contribution in [0.2, 0.25) is 5.02 Å². The lowest BCUT2D eigenvalue weighted by Gasteiger charge is -2.36. The Morgan fingerprint density at radius 1 is 1.36 bits per heavy atom. The highest BCUT2D eigenvalue weighted by Gasteiger charge is 2.25. The molecule has 1 amide bonds. The van der Waals surface area contributed by atoms with E-state index in [1.165, 1.54) is 0 Å². The number of carbonyl (C=O) groups is 1. The van der Waals surface area contributed by atoms with E-state index in [0.29, 0.717) is 21.6 Å². The number of nitrogens with zero attached hydrogens (tertiary/aromatic N) is 4. The van der Waals surface area contributed by atoms with Crippen molar-refractivity contribution in [2.45, 2.75) is 25.8 Å². The quantitative estimate of drug-likeness (QED) is 0.590. The SMILES string of the molecule is CCNc1nc2cc(Cl)c(C#CCO)cc2nc1N1CCC(N(C)C=O)CC1. The predicted molar refractivity (Wildman–Crippen MR) is 112 cm³/mol. The standard InChI is InChI=1S/C20H24ClN5O2/c1-3-22-19-20(26-8-6-15(7-9-26)25(2)13-28)24-17-11-14(5-4-10-27)16(21)12-18(17)23-19/h11-13,15,27H,3,6-10H2,1-2H3,(H,22,23). The fraction of sp³-hybridized carbons (Fsp3) is 0.450. The highest BCUT2D eigenvalue weighted by atomic mass is 35.5. The Balaban J connectivity index is 1.97. The van der Waals surface area contributed by atoms with Gasteiger partial charge in [0, 0.05) is 38.3 Å². The van der Waals surface area contributed by atoms with Crippen molar-refractivity contribution in [1.29, 1.82) is 0 Å². The number of aliphatic hydroxyl groups excluding tert-OH is 1. The lowest BCUT2D eigenvalue weighted by molar-refractivity contribution is -0.119. The molecule has 8 heteroatoms. The molecule has 0 radical (unpaired) electrons. The number of nitrogens with one attached hydrogen (secondary N) is 1. The van der Waals surface area contributed by atoms with Gasteiger partial charge in [0.2, 0.25) is 6.41 Å². The van der Waals surface area contributed by atoms with Gasteiger partial charge < -0.3 is 20.2 Å². The Kier molecular flexibility index (Phi) is 6.55. The van der Waals surface area contributed by atoms with Gasteiger partial charge in [-0.2, -0.15) is 0 Å². The van der Waals surface area contributed by atoms with Crippen molar-refractivity contribution in [3.63, 3.8) is 0 Å². The van der Waals surface area contributed by atoms with Crippen LogP contribution in [0.15, 0.2) is 12.1 Å². The Morgan fingerprint density at radius 2 is 2.07 bits per heavy atom. The summed E-state index contributed by atoms with van der Waals surface area (Å²) in [5, 5.41) is 12.7. The third-order valence-corrected chi connectivity index (χ3v) is 5.20. The first-order chi connectivity index (χ1) is 13.6. The van der Waals surface area contributed by atoms with Gasteiger partial charge in [-0.3, -0.25) is 4.79 Å². The van der Waals surface area contributed by atoms with Gasteiger partial charge in [0.15, 0.2) is 11.6 Å². The average molecular weight is 402 g/mol. The molecule has 7 nitrogen and oxygen atoms in total. The van der Waals surface area contributed by atoms with Crippen LogP contribution in [0.3, 0.4) is 0 Å². The summed E-state index contributed by atoms with van der Waals surface area (Å²) in [4.78, 5) is 24.5. The lowest BCUT2D eigenvalue weighted by Crippen LogP contribution is -2.43. The van der Waals surface area contributed by atoms with E-state index in [-0.39, 0.29) is 12.6 Å². The molecule has 0 aliphatic carbocycles. The van der Waals surface area contributed by atoms with Crippen LogP contribution in [0.4, 0.5) is 11.6 Å². The lowest BCUT2D eigenvalue weighted by atomic mass is 10.0. The number of halogens is 1. The molecule has 2 heterocycles. The minimum atomic E-state index is -0.227. The molecule has 1 fully saturated rings. The first kappa shape index (κ1) is 20.2. The molecule has 28 heavy (non-hydrogen) atoms. The zero-order valence-electron chi connectivity index (χ0n) is 16.1. The number of rotatable bonds is 5. The zero-order chi connectivity index (χ0) is 20.1. The summed E-state index contributed by atoms with van der Waals surface area (Å²) in [6.45, 7) is 4.11. The molecule has 0 saturated carbocycles. The van der Waals surface area contributed by atoms with Gasteiger partial charge in [0.25, 0.3) is 0 Å². The Morgan fingerprint density at radius 3 is 2.71 bits per heavy atom. The van der Waals surface area contributed by atoms with Crippen LogP contribution in [0.5, 0.6) is 0 Å². The summed E-state index contributed by atoms with van der Waals surface area (Å²) in [5.41, 5.74) is 2.01. The van der Waals surface area contributed by atoms with Gasteiger partial charge >= 0.3 is 0 Å². The molecule has 0 unspecified atom stereocenters. The van der Waals surface area contributed by atoms with E-state index in [2.05, 4.69) is 22.1 Å². The van der Waals surface area contributed by atoms with E-state index < -0.39 is 0 Å². The van der Waals surface area contributed by atoms with Crippen molar-refractivity contribution in [2.75, 3.05) is 43.5 Å². The number of benzene rings is 1. The van der Waals surface area contributed by atoms with Gasteiger partial charge in [0.05, 0.1) is 16.1 Å². The van der Waals surface area contributed by atoms with E-state index in [4.69, 9.17) is 26.7 Å². The smallest absolute Gasteiger partial charge is 0.209 e. The summed E-state index contributed by atoms with van der Waals surface area (Å²) in [7, 11) is 1.83. The monoisotopic (exact) mass is 401 g/mol. The van der Waals surface area contributed by atoms with Gasteiger partial charge in [-0.05, 0) is 31.9 Å². The van der Waals surface area contributed by atoms with Crippen LogP contribution in [0, 0.1) is 11.8 Å². The van der Waals surface area contributed by atoms with E-state index in [0.717, 1.165) is 50.5 Å². The molecule has 1 aromatic heterocycles. The van der Waals surface area contributed by atoms with Crippen molar-refractivity contribution in [1.82, 2.24) is 14.9 Å². The molecule has 2 N–H and O–H groups in total. The Hall–Kier alpha value is -2.56. The maximum absolute atomic E-state index is 11.0. The Labute approximate surface area is 169 Å². The number of aromatic nitrogens is 2. The maximum atomic E-state index is 11.0. The van der Waals surface area contributed by atoms with Crippen LogP contribution < -0.4 is 10.2 Å². The number of hydrogen-bond donors (Lipinski definition) is 2. The summed E-state index contributed by atoms with van der Waals surface area (Å²) in [5.74, 6) is 6.99. The number of fused-ring (bicyclic) bond motifs is 1. The molecule has 1 saturated heterocycles. The fourth-order valence-electron chi connectivity index (χ4n) is 3.38. The van der Waals surface area contributed by atoms with E-state index in [9.17, 15) is 4.79 Å². The summed E-state index contributed by atoms with van der Waals surface area (Å²) in [6.07, 6.45) is 2.65. The second kappa shape index (κ2) is 9.09. The molecule has 0 bridgehead atoms. The van der Waals surface area contributed by atoms with Crippen molar-refractivity contribution in [3.05, 3.63) is 22.7 Å². The molecule has 0 spiro atoms. The molecular formula is C20H24ClN5O2. The van der Waals surface area contributed by atoms with E-state index >= 15 is 0 Å². The number of hydrogen-bond acceptors (Lipinski definition) is 6. The number of aliphatic hydroxyl groups is 1. The van der Waals surface area contributed by atoms with Gasteiger partial charge in [-0.15, -0.1) is 0 Å². The minimum absolute atomic E-state index is 0.227. The van der Waals surface area contributed by atoms with Gasteiger partial charge in [0.1, 0.15) is 6.61 Å². The number of piperidine rings is 1. The van der Waals surface area contributed by atoms with Crippen LogP contribution in [-0.2, 0) is 4.79 Å². The van der Waals surface area contributed by atoms with Crippen LogP contribution in [0.25, 0.3) is 11.0 Å². The first-order valence-corrected chi connectivity index (χ1v) is 9.72. The molecule has 3 rings (SSSR count). The second-order valence-electron chi connectivity index (χ2n) is 6.70. The maximum Gasteiger partial charge on any atom is 0.209 e.